The van der Waals surface area contributed by atoms with Crippen molar-refractivity contribution in [1.29, 1.82) is 0 Å². The number of piperazine rings is 1. The van der Waals surface area contributed by atoms with E-state index in [1.807, 2.05) is 24.3 Å². The van der Waals surface area contributed by atoms with E-state index < -0.39 is 6.10 Å². The summed E-state index contributed by atoms with van der Waals surface area (Å²) in [6, 6.07) is 7.49. The molecule has 4 rings (SSSR count). The Morgan fingerprint density at radius 3 is 2.65 bits per heavy atom. The van der Waals surface area contributed by atoms with Gasteiger partial charge >= 0.3 is 0 Å². The second-order valence-electron chi connectivity index (χ2n) is 6.71. The van der Waals surface area contributed by atoms with Crippen LogP contribution in [0.5, 0.6) is 5.75 Å². The van der Waals surface area contributed by atoms with Crippen LogP contribution in [0, 0.1) is 0 Å². The Morgan fingerprint density at radius 1 is 1.08 bits per heavy atom. The van der Waals surface area contributed by atoms with Gasteiger partial charge in [0.15, 0.2) is 17.7 Å². The van der Waals surface area contributed by atoms with Crippen LogP contribution in [0.1, 0.15) is 6.42 Å². The average molecular weight is 353 g/mol. The van der Waals surface area contributed by atoms with E-state index in [-0.39, 0.29) is 5.91 Å². The maximum Gasteiger partial charge on any atom is 0.268 e. The number of anilines is 2. The molecule has 2 fully saturated rings. The Balaban J connectivity index is 1.49. The van der Waals surface area contributed by atoms with Gasteiger partial charge in [0.2, 0.25) is 0 Å². The lowest BCUT2D eigenvalue weighted by molar-refractivity contribution is -0.122. The molecule has 1 amide bonds. The summed E-state index contributed by atoms with van der Waals surface area (Å²) in [6.45, 7) is 4.44. The van der Waals surface area contributed by atoms with Crippen molar-refractivity contribution in [3.63, 3.8) is 0 Å². The van der Waals surface area contributed by atoms with Crippen molar-refractivity contribution in [3.8, 4) is 5.75 Å². The van der Waals surface area contributed by atoms with Crippen molar-refractivity contribution in [2.24, 2.45) is 0 Å². The Labute approximate surface area is 153 Å². The minimum Gasteiger partial charge on any atom is -0.477 e. The van der Waals surface area contributed by atoms with Gasteiger partial charge in [-0.2, -0.15) is 0 Å². The van der Waals surface area contributed by atoms with Gasteiger partial charge in [-0.3, -0.25) is 9.78 Å². The summed E-state index contributed by atoms with van der Waals surface area (Å²) < 4.78 is 6.12. The Bertz CT molecular complexity index is 762. The highest BCUT2D eigenvalue weighted by atomic mass is 16.5. The second-order valence-corrected chi connectivity index (χ2v) is 6.71. The maximum absolute atomic E-state index is 12.8. The van der Waals surface area contributed by atoms with Gasteiger partial charge in [-0.15, -0.1) is 0 Å². The van der Waals surface area contributed by atoms with E-state index in [4.69, 9.17) is 4.74 Å². The van der Waals surface area contributed by atoms with E-state index in [1.165, 1.54) is 0 Å². The van der Waals surface area contributed by atoms with E-state index in [1.54, 1.807) is 23.5 Å². The lowest BCUT2D eigenvalue weighted by Crippen LogP contribution is -2.45. The molecule has 7 nitrogen and oxygen atoms in total. The van der Waals surface area contributed by atoms with Gasteiger partial charge in [0.1, 0.15) is 0 Å². The topological polar surface area (TPSA) is 61.8 Å². The standard InChI is InChI=1S/C19H23N5O2/c1-22-10-12-23(13-11-22)18-16(5-3-8-21-18)26-17-6-9-24(19(17)25)15-4-2-7-20-14-15/h2-5,7-8,14,17H,6,9-13H2,1H3. The SMILES string of the molecule is CN1CCN(c2ncccc2OC2CCN(c3cccnc3)C2=O)CC1. The second kappa shape index (κ2) is 7.29. The molecule has 1 atom stereocenters. The molecule has 7 heteroatoms. The number of likely N-dealkylation sites (N-methyl/N-ethyl adjacent to an activating group) is 1. The predicted octanol–water partition coefficient (Wildman–Crippen LogP) is 1.41. The first-order valence-electron chi connectivity index (χ1n) is 8.99. The molecule has 136 valence electrons. The number of ether oxygens (including phenoxy) is 1. The number of pyridine rings is 2. The van der Waals surface area contributed by atoms with Crippen LogP contribution in [-0.2, 0) is 4.79 Å². The first-order chi connectivity index (χ1) is 12.7. The Hall–Kier alpha value is -2.67. The molecule has 2 aromatic rings. The van der Waals surface area contributed by atoms with Crippen molar-refractivity contribution < 1.29 is 9.53 Å². The number of aromatic nitrogens is 2. The normalized spacial score (nSPS) is 21.3. The van der Waals surface area contributed by atoms with Gasteiger partial charge in [0.25, 0.3) is 5.91 Å². The van der Waals surface area contributed by atoms with Crippen LogP contribution in [0.3, 0.4) is 0 Å². The van der Waals surface area contributed by atoms with Crippen LogP contribution in [0.25, 0.3) is 0 Å². The molecule has 2 saturated heterocycles. The highest BCUT2D eigenvalue weighted by molar-refractivity contribution is 5.98. The number of amides is 1. The number of hydrogen-bond donors (Lipinski definition) is 0. The fourth-order valence-corrected chi connectivity index (χ4v) is 3.42. The Kier molecular flexibility index (Phi) is 4.71. The van der Waals surface area contributed by atoms with Crippen molar-refractivity contribution in [2.45, 2.75) is 12.5 Å². The van der Waals surface area contributed by atoms with E-state index in [9.17, 15) is 4.79 Å². The molecular formula is C19H23N5O2. The lowest BCUT2D eigenvalue weighted by Gasteiger charge is -2.34. The van der Waals surface area contributed by atoms with Gasteiger partial charge in [0.05, 0.1) is 11.9 Å². The van der Waals surface area contributed by atoms with Gasteiger partial charge in [-0.25, -0.2) is 4.98 Å². The molecule has 0 radical (unpaired) electrons. The average Bonchev–Trinajstić information content (AvgIpc) is 3.04. The molecule has 0 spiro atoms. The van der Waals surface area contributed by atoms with Crippen molar-refractivity contribution >= 4 is 17.4 Å². The molecule has 2 aliphatic rings. The predicted molar refractivity (Wildman–Crippen MR) is 99.6 cm³/mol. The largest absolute Gasteiger partial charge is 0.477 e. The zero-order chi connectivity index (χ0) is 17.9. The maximum atomic E-state index is 12.8. The number of carbonyl (C=O) groups excluding carboxylic acids is 1. The number of hydrogen-bond acceptors (Lipinski definition) is 6. The summed E-state index contributed by atoms with van der Waals surface area (Å²) in [4.78, 5) is 27.7. The highest BCUT2D eigenvalue weighted by Gasteiger charge is 2.35. The third-order valence-electron chi connectivity index (χ3n) is 4.94. The first-order valence-corrected chi connectivity index (χ1v) is 8.99. The van der Waals surface area contributed by atoms with Crippen LogP contribution >= 0.6 is 0 Å². The zero-order valence-electron chi connectivity index (χ0n) is 14.9. The van der Waals surface area contributed by atoms with Crippen LogP contribution < -0.4 is 14.5 Å². The summed E-state index contributed by atoms with van der Waals surface area (Å²) in [6.07, 6.45) is 5.37. The van der Waals surface area contributed by atoms with Gasteiger partial charge in [-0.05, 0) is 31.3 Å². The molecule has 4 heterocycles. The minimum absolute atomic E-state index is 0.0221. The molecule has 1 unspecified atom stereocenters. The quantitative estimate of drug-likeness (QED) is 0.828. The summed E-state index contributed by atoms with van der Waals surface area (Å²) in [5.74, 6) is 1.49. The number of carbonyl (C=O) groups is 1. The summed E-state index contributed by atoms with van der Waals surface area (Å²) in [7, 11) is 2.12. The van der Waals surface area contributed by atoms with Crippen molar-refractivity contribution in [3.05, 3.63) is 42.9 Å². The molecular weight excluding hydrogens is 330 g/mol. The molecule has 2 aliphatic heterocycles. The fraction of sp³-hybridized carbons (Fsp3) is 0.421. The summed E-state index contributed by atoms with van der Waals surface area (Å²) >= 11 is 0. The zero-order valence-corrected chi connectivity index (χ0v) is 14.9. The van der Waals surface area contributed by atoms with Gasteiger partial charge < -0.3 is 19.4 Å². The minimum atomic E-state index is -0.481. The van der Waals surface area contributed by atoms with Crippen LogP contribution in [0.2, 0.25) is 0 Å². The molecule has 0 aliphatic carbocycles. The number of nitrogens with zero attached hydrogens (tertiary/aromatic N) is 5. The Morgan fingerprint density at radius 2 is 1.88 bits per heavy atom. The van der Waals surface area contributed by atoms with E-state index in [2.05, 4.69) is 26.8 Å². The van der Waals surface area contributed by atoms with Crippen molar-refractivity contribution in [1.82, 2.24) is 14.9 Å². The molecule has 0 N–H and O–H groups in total. The molecule has 0 bridgehead atoms. The van der Waals surface area contributed by atoms with Crippen LogP contribution in [0.4, 0.5) is 11.5 Å². The molecule has 2 aromatic heterocycles. The highest BCUT2D eigenvalue weighted by Crippen LogP contribution is 2.30. The fourth-order valence-electron chi connectivity index (χ4n) is 3.42. The van der Waals surface area contributed by atoms with E-state index in [0.29, 0.717) is 18.7 Å². The molecule has 0 aromatic carbocycles. The summed E-state index contributed by atoms with van der Waals surface area (Å²) in [5.41, 5.74) is 0.814. The monoisotopic (exact) mass is 353 g/mol. The van der Waals surface area contributed by atoms with Gasteiger partial charge in [0, 0.05) is 51.5 Å². The smallest absolute Gasteiger partial charge is 0.268 e. The third-order valence-corrected chi connectivity index (χ3v) is 4.94. The molecule has 26 heavy (non-hydrogen) atoms. The lowest BCUT2D eigenvalue weighted by atomic mass is 10.3. The van der Waals surface area contributed by atoms with E-state index >= 15 is 0 Å². The first kappa shape index (κ1) is 16.8. The third kappa shape index (κ3) is 3.35. The van der Waals surface area contributed by atoms with E-state index in [0.717, 1.165) is 37.7 Å². The van der Waals surface area contributed by atoms with Gasteiger partial charge in [-0.1, -0.05) is 0 Å². The summed E-state index contributed by atoms with van der Waals surface area (Å²) in [5, 5.41) is 0. The van der Waals surface area contributed by atoms with Crippen LogP contribution in [-0.4, -0.2) is 66.7 Å². The molecule has 0 saturated carbocycles. The van der Waals surface area contributed by atoms with Crippen LogP contribution in [0.15, 0.2) is 42.9 Å². The van der Waals surface area contributed by atoms with Crippen molar-refractivity contribution in [2.75, 3.05) is 49.6 Å². The number of rotatable bonds is 4.